The van der Waals surface area contributed by atoms with Crippen LogP contribution in [0.25, 0.3) is 0 Å². The Bertz CT molecular complexity index is 620. The summed E-state index contributed by atoms with van der Waals surface area (Å²) in [6, 6.07) is 0. The molecule has 0 bridgehead atoms. The van der Waals surface area contributed by atoms with E-state index in [-0.39, 0.29) is 19.3 Å². The highest BCUT2D eigenvalue weighted by Crippen LogP contribution is 2.21. The molecule has 0 fully saturated rings. The summed E-state index contributed by atoms with van der Waals surface area (Å²) >= 11 is 0. The maximum Gasteiger partial charge on any atom is 0.420 e. The Labute approximate surface area is 251 Å². The van der Waals surface area contributed by atoms with Crippen molar-refractivity contribution < 1.29 is 28.6 Å². The summed E-state index contributed by atoms with van der Waals surface area (Å²) in [7, 11) is 0. The van der Waals surface area contributed by atoms with Gasteiger partial charge in [0.05, 0.1) is 6.92 Å². The van der Waals surface area contributed by atoms with Gasteiger partial charge in [0.25, 0.3) is 0 Å². The standard InChI is InChI=1S/C35H60O6/c1-5-8-11-14-17-20-23-26-29-32(36)39-35(4,40-33(37)30-27-24-21-18-15-12-9-6-2)41-34(38)31-28-25-22-19-16-13-10-7-3/h5-7H,1-3,8-31H2,4H3. The van der Waals surface area contributed by atoms with E-state index in [0.717, 1.165) is 116 Å². The maximum atomic E-state index is 12.6. The first kappa shape index (κ1) is 38.6. The average Bonchev–Trinajstić information content (AvgIpc) is 2.92. The minimum absolute atomic E-state index is 0.190. The Kier molecular flexibility index (Phi) is 26.2. The number of ether oxygens (including phenoxy) is 3. The van der Waals surface area contributed by atoms with Crippen LogP contribution in [-0.4, -0.2) is 23.9 Å². The Morgan fingerprint density at radius 3 is 0.902 bits per heavy atom. The first-order valence-electron chi connectivity index (χ1n) is 16.3. The molecule has 0 heterocycles. The van der Waals surface area contributed by atoms with Crippen molar-refractivity contribution in [1.82, 2.24) is 0 Å². The van der Waals surface area contributed by atoms with Gasteiger partial charge >= 0.3 is 23.9 Å². The molecule has 0 amide bonds. The van der Waals surface area contributed by atoms with Crippen LogP contribution < -0.4 is 0 Å². The molecule has 41 heavy (non-hydrogen) atoms. The molecule has 236 valence electrons. The topological polar surface area (TPSA) is 78.9 Å². The minimum Gasteiger partial charge on any atom is -0.388 e. The number of esters is 3. The Hall–Kier alpha value is -2.37. The van der Waals surface area contributed by atoms with E-state index in [9.17, 15) is 14.4 Å². The summed E-state index contributed by atoms with van der Waals surface area (Å²) in [6.07, 6.45) is 27.7. The number of unbranched alkanes of at least 4 members (excludes halogenated alkanes) is 18. The zero-order chi connectivity index (χ0) is 30.4. The van der Waals surface area contributed by atoms with E-state index in [1.54, 1.807) is 0 Å². The molecule has 0 saturated carbocycles. The van der Waals surface area contributed by atoms with E-state index in [1.807, 2.05) is 18.2 Å². The van der Waals surface area contributed by atoms with Crippen molar-refractivity contribution in [3.8, 4) is 0 Å². The fourth-order valence-electron chi connectivity index (χ4n) is 4.63. The molecule has 0 aliphatic rings. The van der Waals surface area contributed by atoms with Crippen LogP contribution in [0.4, 0.5) is 0 Å². The summed E-state index contributed by atoms with van der Waals surface area (Å²) in [5, 5.41) is 0. The number of hydrogen-bond acceptors (Lipinski definition) is 6. The van der Waals surface area contributed by atoms with Crippen molar-refractivity contribution in [2.45, 2.75) is 167 Å². The second kappa shape index (κ2) is 27.8. The first-order chi connectivity index (χ1) is 19.9. The van der Waals surface area contributed by atoms with E-state index in [2.05, 4.69) is 19.7 Å². The normalized spacial score (nSPS) is 11.0. The molecule has 0 aromatic carbocycles. The highest BCUT2D eigenvalue weighted by Gasteiger charge is 2.37. The summed E-state index contributed by atoms with van der Waals surface area (Å²) < 4.78 is 16.4. The summed E-state index contributed by atoms with van der Waals surface area (Å²) in [4.78, 5) is 37.7. The van der Waals surface area contributed by atoms with E-state index >= 15 is 0 Å². The van der Waals surface area contributed by atoms with Crippen molar-refractivity contribution in [2.24, 2.45) is 0 Å². The second-order valence-electron chi connectivity index (χ2n) is 11.1. The smallest absolute Gasteiger partial charge is 0.388 e. The van der Waals surface area contributed by atoms with Gasteiger partial charge in [0.15, 0.2) is 0 Å². The van der Waals surface area contributed by atoms with Crippen molar-refractivity contribution in [3.63, 3.8) is 0 Å². The van der Waals surface area contributed by atoms with Crippen LogP contribution in [0.2, 0.25) is 0 Å². The zero-order valence-corrected chi connectivity index (χ0v) is 26.3. The van der Waals surface area contributed by atoms with Gasteiger partial charge in [0, 0.05) is 19.3 Å². The number of carbonyl (C=O) groups excluding carboxylic acids is 3. The molecule has 0 spiro atoms. The highest BCUT2D eigenvalue weighted by molar-refractivity contribution is 5.73. The average molecular weight is 577 g/mol. The van der Waals surface area contributed by atoms with Gasteiger partial charge in [-0.1, -0.05) is 95.3 Å². The molecular formula is C35H60O6. The van der Waals surface area contributed by atoms with Crippen LogP contribution in [0.5, 0.6) is 0 Å². The van der Waals surface area contributed by atoms with Gasteiger partial charge in [-0.05, 0) is 57.8 Å². The molecule has 0 atom stereocenters. The predicted octanol–water partition coefficient (Wildman–Crippen LogP) is 10.2. The monoisotopic (exact) mass is 576 g/mol. The van der Waals surface area contributed by atoms with Crippen molar-refractivity contribution in [3.05, 3.63) is 38.0 Å². The lowest BCUT2D eigenvalue weighted by Gasteiger charge is -2.28. The van der Waals surface area contributed by atoms with Crippen LogP contribution in [0.1, 0.15) is 161 Å². The Morgan fingerprint density at radius 2 is 0.659 bits per heavy atom. The Balaban J connectivity index is 4.61. The van der Waals surface area contributed by atoms with Crippen molar-refractivity contribution in [2.75, 3.05) is 0 Å². The van der Waals surface area contributed by atoms with Crippen LogP contribution in [0, 0.1) is 0 Å². The molecule has 0 aliphatic carbocycles. The third-order valence-corrected chi connectivity index (χ3v) is 7.02. The van der Waals surface area contributed by atoms with E-state index in [0.29, 0.717) is 19.3 Å². The van der Waals surface area contributed by atoms with Gasteiger partial charge < -0.3 is 14.2 Å². The fraction of sp³-hybridized carbons (Fsp3) is 0.743. The third kappa shape index (κ3) is 26.3. The number of rotatable bonds is 30. The lowest BCUT2D eigenvalue weighted by atomic mass is 10.1. The van der Waals surface area contributed by atoms with Crippen LogP contribution in [-0.2, 0) is 28.6 Å². The summed E-state index contributed by atoms with van der Waals surface area (Å²) in [6.45, 7) is 12.6. The first-order valence-corrected chi connectivity index (χ1v) is 16.3. The molecular weight excluding hydrogens is 516 g/mol. The van der Waals surface area contributed by atoms with Crippen LogP contribution in [0.3, 0.4) is 0 Å². The summed E-state index contributed by atoms with van der Waals surface area (Å²) in [5.41, 5.74) is 0. The highest BCUT2D eigenvalue weighted by atomic mass is 16.9. The molecule has 0 aliphatic heterocycles. The fourth-order valence-corrected chi connectivity index (χ4v) is 4.63. The van der Waals surface area contributed by atoms with Gasteiger partial charge in [0.2, 0.25) is 0 Å². The minimum atomic E-state index is -2.04. The molecule has 0 rings (SSSR count). The maximum absolute atomic E-state index is 12.6. The molecule has 0 saturated heterocycles. The second-order valence-corrected chi connectivity index (χ2v) is 11.1. The quantitative estimate of drug-likeness (QED) is 0.0366. The molecule has 0 unspecified atom stereocenters. The molecule has 6 nitrogen and oxygen atoms in total. The molecule has 0 N–H and O–H groups in total. The SMILES string of the molecule is C=CCCCCCCCCC(=O)OC(C)(OC(=O)CCCCCCCCC=C)OC(=O)CCCCCCCCC=C. The van der Waals surface area contributed by atoms with Crippen molar-refractivity contribution >= 4 is 17.9 Å². The van der Waals surface area contributed by atoms with Crippen molar-refractivity contribution in [1.29, 1.82) is 0 Å². The largest absolute Gasteiger partial charge is 0.420 e. The third-order valence-electron chi connectivity index (χ3n) is 7.02. The van der Waals surface area contributed by atoms with E-state index < -0.39 is 23.9 Å². The van der Waals surface area contributed by atoms with Gasteiger partial charge in [-0.15, -0.1) is 19.7 Å². The Morgan fingerprint density at radius 1 is 0.439 bits per heavy atom. The number of carbonyl (C=O) groups is 3. The van der Waals surface area contributed by atoms with Crippen LogP contribution >= 0.6 is 0 Å². The van der Waals surface area contributed by atoms with Gasteiger partial charge in [-0.25, -0.2) is 0 Å². The van der Waals surface area contributed by atoms with Gasteiger partial charge in [-0.2, -0.15) is 0 Å². The zero-order valence-electron chi connectivity index (χ0n) is 26.3. The predicted molar refractivity (Wildman–Crippen MR) is 168 cm³/mol. The molecule has 0 aromatic rings. The lowest BCUT2D eigenvalue weighted by Crippen LogP contribution is -2.41. The number of allylic oxidation sites excluding steroid dienone is 3. The van der Waals surface area contributed by atoms with Gasteiger partial charge in [-0.3, -0.25) is 14.4 Å². The van der Waals surface area contributed by atoms with E-state index in [4.69, 9.17) is 14.2 Å². The molecule has 0 aromatic heterocycles. The van der Waals surface area contributed by atoms with Gasteiger partial charge in [0.1, 0.15) is 0 Å². The molecule has 0 radical (unpaired) electrons. The lowest BCUT2D eigenvalue weighted by molar-refractivity contribution is -0.320. The van der Waals surface area contributed by atoms with Crippen LogP contribution in [0.15, 0.2) is 38.0 Å². The van der Waals surface area contributed by atoms with E-state index in [1.165, 1.54) is 6.92 Å². The summed E-state index contributed by atoms with van der Waals surface area (Å²) in [5.74, 6) is -3.62. The molecule has 6 heteroatoms. The number of hydrogen-bond donors (Lipinski definition) is 0.